The predicted octanol–water partition coefficient (Wildman–Crippen LogP) is 2.37. The van der Waals surface area contributed by atoms with Crippen molar-refractivity contribution < 1.29 is 9.90 Å². The lowest BCUT2D eigenvalue weighted by molar-refractivity contribution is -0.141. The summed E-state index contributed by atoms with van der Waals surface area (Å²) in [5.74, 6) is 0.791. The zero-order valence-electron chi connectivity index (χ0n) is 9.19. The zero-order valence-corrected chi connectivity index (χ0v) is 10.0. The number of nitrogens with one attached hydrogen (secondary N) is 1. The van der Waals surface area contributed by atoms with Gasteiger partial charge < -0.3 is 10.4 Å². The highest BCUT2D eigenvalue weighted by atomic mass is 32.2. The molecule has 0 spiro atoms. The van der Waals surface area contributed by atoms with Gasteiger partial charge in [-0.3, -0.25) is 0 Å². The molecule has 2 rings (SSSR count). The SMILES string of the molecule is Cc1ccc(NC2(C(=O)O)CCSC2)cc1. The summed E-state index contributed by atoms with van der Waals surface area (Å²) in [5.41, 5.74) is 1.28. The second-order valence-corrected chi connectivity index (χ2v) is 5.29. The van der Waals surface area contributed by atoms with Crippen molar-refractivity contribution in [1.82, 2.24) is 0 Å². The topological polar surface area (TPSA) is 49.3 Å². The summed E-state index contributed by atoms with van der Waals surface area (Å²) < 4.78 is 0. The molecule has 16 heavy (non-hydrogen) atoms. The van der Waals surface area contributed by atoms with Crippen molar-refractivity contribution in [2.45, 2.75) is 18.9 Å². The van der Waals surface area contributed by atoms with Crippen LogP contribution in [-0.2, 0) is 4.79 Å². The third kappa shape index (κ3) is 2.16. The molecule has 1 fully saturated rings. The molecule has 1 aromatic rings. The lowest BCUT2D eigenvalue weighted by Crippen LogP contribution is -2.46. The number of carboxylic acids is 1. The van der Waals surface area contributed by atoms with E-state index in [0.29, 0.717) is 12.2 Å². The highest BCUT2D eigenvalue weighted by Gasteiger charge is 2.41. The predicted molar refractivity (Wildman–Crippen MR) is 67.1 cm³/mol. The molecule has 2 N–H and O–H groups in total. The van der Waals surface area contributed by atoms with Crippen molar-refractivity contribution in [3.8, 4) is 0 Å². The Bertz CT molecular complexity index is 383. The second kappa shape index (κ2) is 4.37. The summed E-state index contributed by atoms with van der Waals surface area (Å²) in [6.07, 6.45) is 0.681. The Morgan fingerprint density at radius 1 is 1.44 bits per heavy atom. The van der Waals surface area contributed by atoms with Gasteiger partial charge in [0.25, 0.3) is 0 Å². The van der Waals surface area contributed by atoms with E-state index in [9.17, 15) is 9.90 Å². The normalized spacial score (nSPS) is 24.3. The minimum Gasteiger partial charge on any atom is -0.479 e. The molecular formula is C12H15NO2S. The molecule has 1 heterocycles. The molecule has 1 atom stereocenters. The van der Waals surface area contributed by atoms with Crippen LogP contribution in [0.2, 0.25) is 0 Å². The lowest BCUT2D eigenvalue weighted by atomic mass is 9.98. The summed E-state index contributed by atoms with van der Waals surface area (Å²) in [6.45, 7) is 2.02. The van der Waals surface area contributed by atoms with Crippen LogP contribution < -0.4 is 5.32 Å². The van der Waals surface area contributed by atoms with Crippen LogP contribution >= 0.6 is 11.8 Å². The van der Waals surface area contributed by atoms with E-state index in [-0.39, 0.29) is 0 Å². The van der Waals surface area contributed by atoms with E-state index in [1.165, 1.54) is 5.56 Å². The van der Waals surface area contributed by atoms with Gasteiger partial charge in [0, 0.05) is 11.4 Å². The molecular weight excluding hydrogens is 222 g/mol. The van der Waals surface area contributed by atoms with Gasteiger partial charge in [0.2, 0.25) is 0 Å². The highest BCUT2D eigenvalue weighted by molar-refractivity contribution is 7.99. The van der Waals surface area contributed by atoms with Gasteiger partial charge in [-0.15, -0.1) is 0 Å². The van der Waals surface area contributed by atoms with Crippen LogP contribution in [0, 0.1) is 6.92 Å². The summed E-state index contributed by atoms with van der Waals surface area (Å²) in [4.78, 5) is 11.3. The van der Waals surface area contributed by atoms with Gasteiger partial charge in [0.05, 0.1) is 0 Å². The summed E-state index contributed by atoms with van der Waals surface area (Å²) in [5, 5.41) is 12.5. The number of aryl methyl sites for hydroxylation is 1. The Morgan fingerprint density at radius 2 is 2.12 bits per heavy atom. The van der Waals surface area contributed by atoms with E-state index >= 15 is 0 Å². The van der Waals surface area contributed by atoms with Gasteiger partial charge in [-0.1, -0.05) is 17.7 Å². The number of aliphatic carboxylic acids is 1. The Labute approximate surface area is 99.2 Å². The molecule has 1 unspecified atom stereocenters. The number of hydrogen-bond donors (Lipinski definition) is 2. The summed E-state index contributed by atoms with van der Waals surface area (Å²) in [7, 11) is 0. The number of carbonyl (C=O) groups is 1. The average molecular weight is 237 g/mol. The Morgan fingerprint density at radius 3 is 2.62 bits per heavy atom. The molecule has 0 bridgehead atoms. The fourth-order valence-electron chi connectivity index (χ4n) is 1.80. The number of anilines is 1. The maximum atomic E-state index is 11.3. The summed E-state index contributed by atoms with van der Waals surface area (Å²) in [6, 6.07) is 7.84. The first kappa shape index (κ1) is 11.3. The molecule has 0 saturated carbocycles. The van der Waals surface area contributed by atoms with E-state index in [1.54, 1.807) is 11.8 Å². The molecule has 1 saturated heterocycles. The quantitative estimate of drug-likeness (QED) is 0.847. The number of hydrogen-bond acceptors (Lipinski definition) is 3. The number of benzene rings is 1. The number of thioether (sulfide) groups is 1. The van der Waals surface area contributed by atoms with Crippen molar-refractivity contribution in [3.63, 3.8) is 0 Å². The van der Waals surface area contributed by atoms with Crippen LogP contribution in [-0.4, -0.2) is 28.1 Å². The third-order valence-electron chi connectivity index (χ3n) is 2.87. The maximum Gasteiger partial charge on any atom is 0.330 e. The largest absolute Gasteiger partial charge is 0.479 e. The van der Waals surface area contributed by atoms with E-state index in [4.69, 9.17) is 0 Å². The zero-order chi connectivity index (χ0) is 11.6. The minimum atomic E-state index is -0.778. The highest BCUT2D eigenvalue weighted by Crippen LogP contribution is 2.31. The van der Waals surface area contributed by atoms with Gasteiger partial charge in [-0.25, -0.2) is 4.79 Å². The molecule has 1 aliphatic heterocycles. The molecule has 3 nitrogen and oxygen atoms in total. The first-order chi connectivity index (χ1) is 7.62. The second-order valence-electron chi connectivity index (χ2n) is 4.18. The molecule has 86 valence electrons. The van der Waals surface area contributed by atoms with E-state index < -0.39 is 11.5 Å². The first-order valence-corrected chi connectivity index (χ1v) is 6.44. The van der Waals surface area contributed by atoms with Crippen molar-refractivity contribution in [2.24, 2.45) is 0 Å². The molecule has 0 aliphatic carbocycles. The van der Waals surface area contributed by atoms with Crippen molar-refractivity contribution in [3.05, 3.63) is 29.8 Å². The van der Waals surface area contributed by atoms with Crippen LogP contribution in [0.4, 0.5) is 5.69 Å². The standard InChI is InChI=1S/C12H15NO2S/c1-9-2-4-10(5-3-9)13-12(11(14)15)6-7-16-8-12/h2-5,13H,6-8H2,1H3,(H,14,15). The molecule has 4 heteroatoms. The van der Waals surface area contributed by atoms with Crippen LogP contribution in [0.3, 0.4) is 0 Å². The van der Waals surface area contributed by atoms with Crippen LogP contribution in [0.15, 0.2) is 24.3 Å². The smallest absolute Gasteiger partial charge is 0.330 e. The van der Waals surface area contributed by atoms with Crippen molar-refractivity contribution in [2.75, 3.05) is 16.8 Å². The van der Waals surface area contributed by atoms with E-state index in [1.807, 2.05) is 31.2 Å². The third-order valence-corrected chi connectivity index (χ3v) is 4.06. The van der Waals surface area contributed by atoms with Crippen molar-refractivity contribution in [1.29, 1.82) is 0 Å². The molecule has 0 amide bonds. The fraction of sp³-hybridized carbons (Fsp3) is 0.417. The lowest BCUT2D eigenvalue weighted by Gasteiger charge is -2.25. The minimum absolute atomic E-state index is 0.635. The van der Waals surface area contributed by atoms with Crippen LogP contribution in [0.1, 0.15) is 12.0 Å². The molecule has 1 aromatic carbocycles. The van der Waals surface area contributed by atoms with Crippen molar-refractivity contribution >= 4 is 23.4 Å². The molecule has 0 radical (unpaired) electrons. The van der Waals surface area contributed by atoms with Crippen LogP contribution in [0.25, 0.3) is 0 Å². The van der Waals surface area contributed by atoms with Crippen LogP contribution in [0.5, 0.6) is 0 Å². The van der Waals surface area contributed by atoms with Gasteiger partial charge in [-0.05, 0) is 31.2 Å². The van der Waals surface area contributed by atoms with Gasteiger partial charge in [0.15, 0.2) is 0 Å². The number of rotatable bonds is 3. The summed E-state index contributed by atoms with van der Waals surface area (Å²) >= 11 is 1.69. The van der Waals surface area contributed by atoms with E-state index in [0.717, 1.165) is 11.4 Å². The Hall–Kier alpha value is -1.16. The average Bonchev–Trinajstić information content (AvgIpc) is 2.71. The Kier molecular flexibility index (Phi) is 3.10. The molecule has 0 aromatic heterocycles. The monoisotopic (exact) mass is 237 g/mol. The maximum absolute atomic E-state index is 11.3. The Balaban J connectivity index is 2.18. The fourth-order valence-corrected chi connectivity index (χ4v) is 3.12. The van der Waals surface area contributed by atoms with Gasteiger partial charge in [0.1, 0.15) is 5.54 Å². The first-order valence-electron chi connectivity index (χ1n) is 5.28. The van der Waals surface area contributed by atoms with Gasteiger partial charge >= 0.3 is 5.97 Å². The number of carboxylic acid groups (broad SMARTS) is 1. The van der Waals surface area contributed by atoms with Gasteiger partial charge in [-0.2, -0.15) is 11.8 Å². The molecule has 1 aliphatic rings. The van der Waals surface area contributed by atoms with E-state index in [2.05, 4.69) is 5.32 Å².